The molecule has 192 valence electrons. The molecule has 2 aromatic heterocycles. The molecule has 2 atom stereocenters. The van der Waals surface area contributed by atoms with Crippen molar-refractivity contribution in [2.24, 2.45) is 0 Å². The molecule has 1 N–H and O–H groups in total. The van der Waals surface area contributed by atoms with E-state index in [1.165, 1.54) is 23.0 Å². The molecule has 4 aromatic rings. The van der Waals surface area contributed by atoms with Crippen LogP contribution in [0.15, 0.2) is 48.8 Å². The van der Waals surface area contributed by atoms with Gasteiger partial charge < -0.3 is 14.7 Å². The van der Waals surface area contributed by atoms with Gasteiger partial charge in [0, 0.05) is 23.2 Å². The SMILES string of the molecule is Cc1cc(-n2cc(F)cn2)c2cccc(OCc3c(Cl)cc(F)cc3[C@H](C)N3CCC[C@@H](O)C3=O)c2n1. The molecule has 3 heterocycles. The van der Waals surface area contributed by atoms with Crippen molar-refractivity contribution in [1.29, 1.82) is 0 Å². The third-order valence-corrected chi connectivity index (χ3v) is 6.97. The number of hydrogen-bond acceptors (Lipinski definition) is 5. The van der Waals surface area contributed by atoms with Gasteiger partial charge in [-0.2, -0.15) is 5.10 Å². The topological polar surface area (TPSA) is 80.5 Å². The van der Waals surface area contributed by atoms with Crippen molar-refractivity contribution in [3.8, 4) is 11.4 Å². The number of benzene rings is 2. The van der Waals surface area contributed by atoms with Crippen LogP contribution in [0.4, 0.5) is 8.78 Å². The van der Waals surface area contributed by atoms with Crippen molar-refractivity contribution in [1.82, 2.24) is 19.7 Å². The number of carbonyl (C=O) groups is 1. The molecule has 1 aliphatic rings. The fraction of sp³-hybridized carbons (Fsp3) is 0.296. The Morgan fingerprint density at radius 2 is 2.05 bits per heavy atom. The first-order chi connectivity index (χ1) is 17.7. The average molecular weight is 527 g/mol. The van der Waals surface area contributed by atoms with Crippen LogP contribution < -0.4 is 4.74 Å². The molecule has 0 unspecified atom stereocenters. The standard InChI is InChI=1S/C27H25ClF2N4O3/c1-15-9-23(34-13-18(30)12-31-34)19-5-3-7-25(26(19)32-15)37-14-21-20(10-17(29)11-22(21)28)16(2)33-8-4-6-24(35)27(33)36/h3,5,7,9-13,16,24,35H,4,6,8,14H2,1-2H3/t16-,24+/m0/s1. The van der Waals surface area contributed by atoms with E-state index in [-0.39, 0.29) is 17.5 Å². The second-order valence-electron chi connectivity index (χ2n) is 9.15. The fourth-order valence-corrected chi connectivity index (χ4v) is 5.07. The number of aliphatic hydroxyl groups is 1. The van der Waals surface area contributed by atoms with Crippen molar-refractivity contribution in [3.05, 3.63) is 82.3 Å². The number of piperidine rings is 1. The Bertz CT molecular complexity index is 1490. The number of rotatable bonds is 6. The highest BCUT2D eigenvalue weighted by atomic mass is 35.5. The van der Waals surface area contributed by atoms with E-state index in [2.05, 4.69) is 10.1 Å². The van der Waals surface area contributed by atoms with Crippen LogP contribution in [0.25, 0.3) is 16.6 Å². The Kier molecular flexibility index (Phi) is 6.83. The van der Waals surface area contributed by atoms with Gasteiger partial charge in [-0.15, -0.1) is 0 Å². The van der Waals surface area contributed by atoms with Crippen molar-refractivity contribution in [3.63, 3.8) is 0 Å². The average Bonchev–Trinajstić information content (AvgIpc) is 3.30. The number of fused-ring (bicyclic) bond motifs is 1. The molecule has 37 heavy (non-hydrogen) atoms. The van der Waals surface area contributed by atoms with Gasteiger partial charge in [0.25, 0.3) is 5.91 Å². The van der Waals surface area contributed by atoms with Crippen LogP contribution in [0.1, 0.15) is 42.6 Å². The van der Waals surface area contributed by atoms with Gasteiger partial charge in [-0.3, -0.25) is 4.79 Å². The van der Waals surface area contributed by atoms with E-state index in [0.717, 1.165) is 6.20 Å². The molecular weight excluding hydrogens is 502 g/mol. The Labute approximate surface area is 217 Å². The summed E-state index contributed by atoms with van der Waals surface area (Å²) in [5.74, 6) is -0.914. The van der Waals surface area contributed by atoms with Gasteiger partial charge in [0.1, 0.15) is 29.8 Å². The molecule has 0 bridgehead atoms. The van der Waals surface area contributed by atoms with Gasteiger partial charge in [0.05, 0.1) is 29.1 Å². The van der Waals surface area contributed by atoms with E-state index in [0.29, 0.717) is 58.5 Å². The maximum absolute atomic E-state index is 14.4. The minimum absolute atomic E-state index is 0.0101. The zero-order valence-electron chi connectivity index (χ0n) is 20.3. The summed E-state index contributed by atoms with van der Waals surface area (Å²) in [6.07, 6.45) is 2.40. The predicted molar refractivity (Wildman–Crippen MR) is 135 cm³/mol. The molecule has 10 heteroatoms. The summed E-state index contributed by atoms with van der Waals surface area (Å²) >= 11 is 6.46. The lowest BCUT2D eigenvalue weighted by molar-refractivity contribution is -0.146. The first kappa shape index (κ1) is 25.1. The summed E-state index contributed by atoms with van der Waals surface area (Å²) in [6, 6.07) is 9.23. The molecule has 5 rings (SSSR count). The molecule has 1 fully saturated rings. The lowest BCUT2D eigenvalue weighted by Crippen LogP contribution is -2.45. The number of aliphatic hydroxyl groups excluding tert-OH is 1. The molecule has 2 aromatic carbocycles. The lowest BCUT2D eigenvalue weighted by Gasteiger charge is -2.36. The maximum Gasteiger partial charge on any atom is 0.251 e. The zero-order valence-corrected chi connectivity index (χ0v) is 21.0. The number of amides is 1. The number of ether oxygens (including phenoxy) is 1. The van der Waals surface area contributed by atoms with Crippen LogP contribution in [-0.4, -0.2) is 43.3 Å². The number of halogens is 3. The molecule has 0 saturated carbocycles. The minimum atomic E-state index is -1.07. The van der Waals surface area contributed by atoms with Crippen molar-refractivity contribution < 1.29 is 23.4 Å². The molecule has 0 aliphatic carbocycles. The summed E-state index contributed by atoms with van der Waals surface area (Å²) in [7, 11) is 0. The molecule has 1 saturated heterocycles. The van der Waals surface area contributed by atoms with E-state index in [4.69, 9.17) is 16.3 Å². The maximum atomic E-state index is 14.4. The Morgan fingerprint density at radius 1 is 1.24 bits per heavy atom. The molecular formula is C27H25ClF2N4O3. The van der Waals surface area contributed by atoms with Crippen molar-refractivity contribution in [2.45, 2.75) is 45.4 Å². The highest BCUT2D eigenvalue weighted by molar-refractivity contribution is 6.31. The quantitative estimate of drug-likeness (QED) is 0.369. The monoisotopic (exact) mass is 526 g/mol. The third-order valence-electron chi connectivity index (χ3n) is 6.64. The summed E-state index contributed by atoms with van der Waals surface area (Å²) in [4.78, 5) is 18.8. The Balaban J connectivity index is 1.50. The predicted octanol–water partition coefficient (Wildman–Crippen LogP) is 5.28. The number of pyridine rings is 1. The number of para-hydroxylation sites is 1. The van der Waals surface area contributed by atoms with Gasteiger partial charge >= 0.3 is 0 Å². The van der Waals surface area contributed by atoms with Crippen LogP contribution in [0.2, 0.25) is 5.02 Å². The summed E-state index contributed by atoms with van der Waals surface area (Å²) < 4.78 is 35.7. The second-order valence-corrected chi connectivity index (χ2v) is 9.56. The van der Waals surface area contributed by atoms with Crippen LogP contribution in [0, 0.1) is 18.6 Å². The van der Waals surface area contributed by atoms with Gasteiger partial charge in [-0.25, -0.2) is 18.4 Å². The van der Waals surface area contributed by atoms with Crippen LogP contribution in [-0.2, 0) is 11.4 Å². The van der Waals surface area contributed by atoms with Crippen LogP contribution in [0.3, 0.4) is 0 Å². The first-order valence-corrected chi connectivity index (χ1v) is 12.3. The number of aryl methyl sites for hydroxylation is 1. The summed E-state index contributed by atoms with van der Waals surface area (Å²) in [5, 5.41) is 15.0. The van der Waals surface area contributed by atoms with E-state index in [1.54, 1.807) is 30.0 Å². The van der Waals surface area contributed by atoms with E-state index in [1.807, 2.05) is 13.0 Å². The van der Waals surface area contributed by atoms with Crippen molar-refractivity contribution in [2.75, 3.05) is 6.54 Å². The Morgan fingerprint density at radius 3 is 2.81 bits per heavy atom. The van der Waals surface area contributed by atoms with E-state index >= 15 is 0 Å². The lowest BCUT2D eigenvalue weighted by atomic mass is 9.97. The zero-order chi connectivity index (χ0) is 26.3. The molecule has 1 amide bonds. The number of likely N-dealkylation sites (tertiary alicyclic amines) is 1. The van der Waals surface area contributed by atoms with E-state index < -0.39 is 23.8 Å². The smallest absolute Gasteiger partial charge is 0.251 e. The summed E-state index contributed by atoms with van der Waals surface area (Å²) in [5.41, 5.74) is 2.92. The highest BCUT2D eigenvalue weighted by Crippen LogP contribution is 2.34. The van der Waals surface area contributed by atoms with Gasteiger partial charge in [-0.05, 0) is 56.5 Å². The molecule has 7 nitrogen and oxygen atoms in total. The number of aromatic nitrogens is 3. The van der Waals surface area contributed by atoms with E-state index in [9.17, 15) is 18.7 Å². The molecule has 0 radical (unpaired) electrons. The van der Waals surface area contributed by atoms with Crippen LogP contribution >= 0.6 is 11.6 Å². The van der Waals surface area contributed by atoms with Gasteiger partial charge in [0.2, 0.25) is 0 Å². The number of carbonyl (C=O) groups excluding carboxylic acids is 1. The number of nitrogens with zero attached hydrogens (tertiary/aromatic N) is 4. The largest absolute Gasteiger partial charge is 0.487 e. The second kappa shape index (κ2) is 10.1. The summed E-state index contributed by atoms with van der Waals surface area (Å²) in [6.45, 7) is 4.04. The van der Waals surface area contributed by atoms with Crippen molar-refractivity contribution >= 4 is 28.4 Å². The normalized spacial score (nSPS) is 16.9. The fourth-order valence-electron chi connectivity index (χ4n) is 4.80. The molecule has 0 spiro atoms. The highest BCUT2D eigenvalue weighted by Gasteiger charge is 2.32. The first-order valence-electron chi connectivity index (χ1n) is 11.9. The third kappa shape index (κ3) is 4.89. The molecule has 1 aliphatic heterocycles. The van der Waals surface area contributed by atoms with Gasteiger partial charge in [0.15, 0.2) is 5.82 Å². The Hall–Kier alpha value is -3.56. The minimum Gasteiger partial charge on any atom is -0.487 e. The van der Waals surface area contributed by atoms with Gasteiger partial charge in [-0.1, -0.05) is 23.7 Å². The number of hydrogen-bond donors (Lipinski definition) is 1. The van der Waals surface area contributed by atoms with Crippen LogP contribution in [0.5, 0.6) is 5.75 Å².